The number of fused-ring (bicyclic) bond motifs is 1. The zero-order valence-corrected chi connectivity index (χ0v) is 14.1. The highest BCUT2D eigenvalue weighted by atomic mass is 16.1. The van der Waals surface area contributed by atoms with Crippen LogP contribution in [0, 0.1) is 0 Å². The average Bonchev–Trinajstić information content (AvgIpc) is 3.04. The van der Waals surface area contributed by atoms with Gasteiger partial charge in [-0.3, -0.25) is 14.6 Å². The second-order valence-electron chi connectivity index (χ2n) is 6.40. The van der Waals surface area contributed by atoms with Gasteiger partial charge in [0.2, 0.25) is 0 Å². The molecule has 3 heterocycles. The van der Waals surface area contributed by atoms with Crippen molar-refractivity contribution in [1.82, 2.24) is 29.5 Å². The number of H-pyrrole nitrogens is 1. The number of nitrogens with zero attached hydrogens (tertiary/aromatic N) is 5. The molecule has 4 rings (SSSR count). The Morgan fingerprint density at radius 2 is 1.76 bits per heavy atom. The lowest BCUT2D eigenvalue weighted by atomic mass is 10.3. The molecule has 3 aromatic rings. The van der Waals surface area contributed by atoms with Gasteiger partial charge in [0.25, 0.3) is 5.56 Å². The van der Waals surface area contributed by atoms with Gasteiger partial charge in [0.15, 0.2) is 0 Å². The number of imidazole rings is 1. The highest BCUT2D eigenvalue weighted by Crippen LogP contribution is 2.12. The van der Waals surface area contributed by atoms with E-state index >= 15 is 0 Å². The second kappa shape index (κ2) is 7.16. The van der Waals surface area contributed by atoms with Crippen LogP contribution in [0.25, 0.3) is 11.0 Å². The molecule has 2 aromatic heterocycles. The van der Waals surface area contributed by atoms with Crippen LogP contribution in [0.1, 0.15) is 5.82 Å². The summed E-state index contributed by atoms with van der Waals surface area (Å²) in [6, 6.07) is 11.4. The monoisotopic (exact) mass is 338 g/mol. The summed E-state index contributed by atoms with van der Waals surface area (Å²) in [6.45, 7) is 6.37. The molecule has 0 bridgehead atoms. The van der Waals surface area contributed by atoms with Crippen molar-refractivity contribution in [3.63, 3.8) is 0 Å². The van der Waals surface area contributed by atoms with E-state index in [1.165, 1.54) is 4.68 Å². The zero-order chi connectivity index (χ0) is 17.1. The van der Waals surface area contributed by atoms with Gasteiger partial charge in [-0.05, 0) is 18.2 Å². The molecule has 7 nitrogen and oxygen atoms in total. The van der Waals surface area contributed by atoms with E-state index in [1.807, 2.05) is 18.2 Å². The molecule has 1 fully saturated rings. The van der Waals surface area contributed by atoms with Crippen molar-refractivity contribution < 1.29 is 0 Å². The Bertz CT molecular complexity index is 860. The number of aromatic amines is 1. The fourth-order valence-electron chi connectivity index (χ4n) is 3.25. The second-order valence-corrected chi connectivity index (χ2v) is 6.40. The molecule has 0 radical (unpaired) electrons. The maximum absolute atomic E-state index is 11.7. The molecular weight excluding hydrogens is 316 g/mol. The maximum Gasteiger partial charge on any atom is 0.266 e. The molecule has 7 heteroatoms. The Balaban J connectivity index is 1.28. The van der Waals surface area contributed by atoms with Crippen molar-refractivity contribution in [1.29, 1.82) is 0 Å². The largest absolute Gasteiger partial charge is 0.341 e. The molecule has 130 valence electrons. The molecular formula is C18H22N6O. The number of piperazine rings is 1. The van der Waals surface area contributed by atoms with E-state index in [2.05, 4.69) is 30.9 Å². The van der Waals surface area contributed by atoms with Crippen LogP contribution in [-0.4, -0.2) is 62.3 Å². The van der Waals surface area contributed by atoms with Crippen molar-refractivity contribution in [2.45, 2.75) is 13.1 Å². The van der Waals surface area contributed by atoms with E-state index in [-0.39, 0.29) is 5.56 Å². The number of para-hydroxylation sites is 2. The summed E-state index contributed by atoms with van der Waals surface area (Å²) in [5, 5.41) is 4.11. The summed E-state index contributed by atoms with van der Waals surface area (Å²) in [6.07, 6.45) is 1.66. The van der Waals surface area contributed by atoms with Crippen molar-refractivity contribution in [3.05, 3.63) is 58.8 Å². The summed E-state index contributed by atoms with van der Waals surface area (Å²) >= 11 is 0. The third kappa shape index (κ3) is 3.78. The van der Waals surface area contributed by atoms with Gasteiger partial charge in [0.05, 0.1) is 24.1 Å². The van der Waals surface area contributed by atoms with Gasteiger partial charge in [0, 0.05) is 45.0 Å². The van der Waals surface area contributed by atoms with Crippen LogP contribution in [0.2, 0.25) is 0 Å². The van der Waals surface area contributed by atoms with E-state index in [4.69, 9.17) is 0 Å². The summed E-state index contributed by atoms with van der Waals surface area (Å²) in [4.78, 5) is 24.5. The Kier molecular flexibility index (Phi) is 4.58. The molecule has 0 spiro atoms. The van der Waals surface area contributed by atoms with Crippen LogP contribution < -0.4 is 5.56 Å². The molecule has 0 saturated carbocycles. The van der Waals surface area contributed by atoms with Crippen LogP contribution in [0.5, 0.6) is 0 Å². The highest BCUT2D eigenvalue weighted by Gasteiger charge is 2.18. The first kappa shape index (κ1) is 16.0. The van der Waals surface area contributed by atoms with Gasteiger partial charge < -0.3 is 4.98 Å². The van der Waals surface area contributed by atoms with Crippen molar-refractivity contribution in [2.75, 3.05) is 32.7 Å². The Morgan fingerprint density at radius 1 is 0.960 bits per heavy atom. The normalized spacial score (nSPS) is 16.5. The lowest BCUT2D eigenvalue weighted by Gasteiger charge is -2.34. The maximum atomic E-state index is 11.7. The smallest absolute Gasteiger partial charge is 0.266 e. The zero-order valence-electron chi connectivity index (χ0n) is 14.1. The van der Waals surface area contributed by atoms with Gasteiger partial charge in [-0.25, -0.2) is 9.67 Å². The summed E-state index contributed by atoms with van der Waals surface area (Å²) in [7, 11) is 0. The molecule has 0 aliphatic carbocycles. The molecule has 0 amide bonds. The van der Waals surface area contributed by atoms with Gasteiger partial charge in [-0.15, -0.1) is 0 Å². The molecule has 0 unspecified atom stereocenters. The summed E-state index contributed by atoms with van der Waals surface area (Å²) in [5.74, 6) is 1.02. The summed E-state index contributed by atoms with van der Waals surface area (Å²) < 4.78 is 1.53. The first-order valence-corrected chi connectivity index (χ1v) is 8.68. The molecule has 0 atom stereocenters. The average molecular weight is 338 g/mol. The third-order valence-corrected chi connectivity index (χ3v) is 4.69. The fraction of sp³-hybridized carbons (Fsp3) is 0.389. The number of nitrogens with one attached hydrogen (secondary N) is 1. The predicted molar refractivity (Wildman–Crippen MR) is 96.3 cm³/mol. The van der Waals surface area contributed by atoms with Crippen LogP contribution in [0.15, 0.2) is 47.4 Å². The highest BCUT2D eigenvalue weighted by molar-refractivity contribution is 5.74. The molecule has 1 aliphatic rings. The van der Waals surface area contributed by atoms with Crippen LogP contribution in [0.3, 0.4) is 0 Å². The van der Waals surface area contributed by atoms with Crippen LogP contribution in [-0.2, 0) is 13.1 Å². The minimum Gasteiger partial charge on any atom is -0.341 e. The number of rotatable bonds is 5. The summed E-state index contributed by atoms with van der Waals surface area (Å²) in [5.41, 5.74) is 2.08. The van der Waals surface area contributed by atoms with E-state index in [0.717, 1.165) is 56.1 Å². The predicted octanol–water partition coefficient (Wildman–Crippen LogP) is 0.937. The van der Waals surface area contributed by atoms with Gasteiger partial charge in [-0.2, -0.15) is 5.10 Å². The fourth-order valence-corrected chi connectivity index (χ4v) is 3.25. The first-order valence-electron chi connectivity index (χ1n) is 8.68. The van der Waals surface area contributed by atoms with Gasteiger partial charge in [-0.1, -0.05) is 12.1 Å². The number of hydrogen-bond donors (Lipinski definition) is 1. The Morgan fingerprint density at radius 3 is 2.56 bits per heavy atom. The molecule has 1 N–H and O–H groups in total. The first-order chi connectivity index (χ1) is 12.3. The number of benzene rings is 1. The molecule has 25 heavy (non-hydrogen) atoms. The van der Waals surface area contributed by atoms with E-state index in [1.54, 1.807) is 18.3 Å². The number of aromatic nitrogens is 4. The van der Waals surface area contributed by atoms with Crippen molar-refractivity contribution in [3.8, 4) is 0 Å². The Hall–Kier alpha value is -2.51. The van der Waals surface area contributed by atoms with Crippen molar-refractivity contribution in [2.24, 2.45) is 0 Å². The van der Waals surface area contributed by atoms with Gasteiger partial charge >= 0.3 is 0 Å². The SMILES string of the molecule is O=c1cccnn1CCN1CCN(Cc2nc3ccccc3[nH]2)CC1. The van der Waals surface area contributed by atoms with E-state index in [9.17, 15) is 4.79 Å². The van der Waals surface area contributed by atoms with E-state index < -0.39 is 0 Å². The minimum absolute atomic E-state index is 0.0361. The standard InChI is InChI=1S/C18H22N6O/c25-18-6-3-7-19-24(18)13-12-22-8-10-23(11-9-22)14-17-20-15-4-1-2-5-16(15)21-17/h1-7H,8-14H2,(H,20,21). The molecule has 1 saturated heterocycles. The lowest BCUT2D eigenvalue weighted by Crippen LogP contribution is -2.47. The quantitative estimate of drug-likeness (QED) is 0.750. The Labute approximate surface area is 145 Å². The molecule has 1 aliphatic heterocycles. The number of hydrogen-bond acceptors (Lipinski definition) is 5. The van der Waals surface area contributed by atoms with Crippen LogP contribution in [0.4, 0.5) is 0 Å². The molecule has 1 aromatic carbocycles. The van der Waals surface area contributed by atoms with E-state index in [0.29, 0.717) is 6.54 Å². The van der Waals surface area contributed by atoms with Gasteiger partial charge in [0.1, 0.15) is 5.82 Å². The van der Waals surface area contributed by atoms with Crippen molar-refractivity contribution >= 4 is 11.0 Å². The lowest BCUT2D eigenvalue weighted by molar-refractivity contribution is 0.121. The topological polar surface area (TPSA) is 70.1 Å². The van der Waals surface area contributed by atoms with Crippen LogP contribution >= 0.6 is 0 Å². The minimum atomic E-state index is -0.0361. The third-order valence-electron chi connectivity index (χ3n) is 4.69.